The van der Waals surface area contributed by atoms with Gasteiger partial charge in [0.1, 0.15) is 5.60 Å². The molecule has 3 heterocycles. The topological polar surface area (TPSA) is 34.2 Å². The van der Waals surface area contributed by atoms with Crippen molar-refractivity contribution >= 4 is 0 Å². The third-order valence-corrected chi connectivity index (χ3v) is 5.55. The molecular formula is C17H30N2O3. The molecule has 2 atom stereocenters. The fourth-order valence-corrected chi connectivity index (χ4v) is 4.12. The van der Waals surface area contributed by atoms with E-state index in [9.17, 15) is 0 Å². The van der Waals surface area contributed by atoms with Crippen LogP contribution in [0, 0.1) is 5.92 Å². The van der Waals surface area contributed by atoms with Crippen molar-refractivity contribution < 1.29 is 14.2 Å². The number of ether oxygens (including phenoxy) is 3. The highest BCUT2D eigenvalue weighted by atomic mass is 16.6. The molecule has 4 aliphatic rings. The predicted molar refractivity (Wildman–Crippen MR) is 84.1 cm³/mol. The van der Waals surface area contributed by atoms with E-state index in [-0.39, 0.29) is 5.60 Å². The lowest BCUT2D eigenvalue weighted by Gasteiger charge is -2.33. The quantitative estimate of drug-likeness (QED) is 0.773. The number of hydrogen-bond donors (Lipinski definition) is 0. The fraction of sp³-hybridized carbons (Fsp3) is 1.00. The summed E-state index contributed by atoms with van der Waals surface area (Å²) in [4.78, 5) is 5.09. The molecule has 0 bridgehead atoms. The third-order valence-electron chi connectivity index (χ3n) is 5.55. The van der Waals surface area contributed by atoms with Crippen LogP contribution >= 0.6 is 0 Å². The minimum absolute atomic E-state index is 0.0393. The van der Waals surface area contributed by atoms with Gasteiger partial charge in [0, 0.05) is 39.3 Å². The van der Waals surface area contributed by atoms with Crippen LogP contribution in [-0.4, -0.2) is 87.2 Å². The number of morpholine rings is 1. The van der Waals surface area contributed by atoms with Crippen molar-refractivity contribution in [2.45, 2.75) is 37.4 Å². The molecule has 5 nitrogen and oxygen atoms in total. The highest BCUT2D eigenvalue weighted by Crippen LogP contribution is 2.35. The lowest BCUT2D eigenvalue weighted by atomic mass is 10.00. The zero-order chi connectivity index (χ0) is 14.8. The van der Waals surface area contributed by atoms with Gasteiger partial charge in [0.15, 0.2) is 0 Å². The molecule has 0 radical (unpaired) electrons. The van der Waals surface area contributed by atoms with Gasteiger partial charge >= 0.3 is 0 Å². The SMILES string of the molecule is C1CN(C[C@H]2CC[C@]3(COCCN(CC4CC4)C3)O2)CCO1. The van der Waals surface area contributed by atoms with Gasteiger partial charge in [0.25, 0.3) is 0 Å². The maximum absolute atomic E-state index is 6.56. The monoisotopic (exact) mass is 310 g/mol. The second-order valence-corrected chi connectivity index (χ2v) is 7.61. The first-order valence-electron chi connectivity index (χ1n) is 9.09. The van der Waals surface area contributed by atoms with Crippen molar-refractivity contribution in [2.24, 2.45) is 5.92 Å². The molecule has 1 spiro atoms. The van der Waals surface area contributed by atoms with E-state index >= 15 is 0 Å². The molecule has 5 heteroatoms. The average molecular weight is 310 g/mol. The van der Waals surface area contributed by atoms with Crippen LogP contribution in [0.25, 0.3) is 0 Å². The number of hydrogen-bond acceptors (Lipinski definition) is 5. The Bertz CT molecular complexity index is 371. The smallest absolute Gasteiger partial charge is 0.105 e. The summed E-state index contributed by atoms with van der Waals surface area (Å²) in [7, 11) is 0. The van der Waals surface area contributed by atoms with Gasteiger partial charge in [-0.2, -0.15) is 0 Å². The zero-order valence-electron chi connectivity index (χ0n) is 13.7. The molecule has 0 amide bonds. The van der Waals surface area contributed by atoms with Crippen LogP contribution in [0.5, 0.6) is 0 Å². The summed E-state index contributed by atoms with van der Waals surface area (Å²) < 4.78 is 17.9. The maximum Gasteiger partial charge on any atom is 0.105 e. The highest BCUT2D eigenvalue weighted by molar-refractivity contribution is 4.95. The molecule has 1 saturated carbocycles. The summed E-state index contributed by atoms with van der Waals surface area (Å²) >= 11 is 0. The Hall–Kier alpha value is -0.200. The van der Waals surface area contributed by atoms with Crippen molar-refractivity contribution in [2.75, 3.05) is 65.7 Å². The van der Waals surface area contributed by atoms with E-state index in [4.69, 9.17) is 14.2 Å². The van der Waals surface area contributed by atoms with Crippen molar-refractivity contribution in [3.8, 4) is 0 Å². The fourth-order valence-electron chi connectivity index (χ4n) is 4.12. The predicted octanol–water partition coefficient (Wildman–Crippen LogP) is 0.979. The standard InChI is InChI=1S/C17H30N2O3/c1-2-15(1)11-19-7-10-21-14-17(13-19)4-3-16(22-17)12-18-5-8-20-9-6-18/h15-16H,1-14H2/t16-,17+/m1/s1. The summed E-state index contributed by atoms with van der Waals surface area (Å²) in [5.74, 6) is 0.945. The molecule has 0 aromatic rings. The molecule has 4 fully saturated rings. The van der Waals surface area contributed by atoms with E-state index in [0.29, 0.717) is 6.10 Å². The Morgan fingerprint density at radius 3 is 2.45 bits per heavy atom. The third kappa shape index (κ3) is 3.82. The second kappa shape index (κ2) is 6.73. The molecule has 0 unspecified atom stereocenters. The minimum Gasteiger partial charge on any atom is -0.379 e. The van der Waals surface area contributed by atoms with E-state index in [1.54, 1.807) is 0 Å². The van der Waals surface area contributed by atoms with Gasteiger partial charge in [0.05, 0.1) is 32.5 Å². The first kappa shape index (κ1) is 15.3. The zero-order valence-corrected chi connectivity index (χ0v) is 13.7. The maximum atomic E-state index is 6.56. The summed E-state index contributed by atoms with van der Waals surface area (Å²) in [5, 5.41) is 0. The van der Waals surface area contributed by atoms with Gasteiger partial charge in [-0.05, 0) is 31.6 Å². The Labute approximate surface area is 133 Å². The van der Waals surface area contributed by atoms with Crippen LogP contribution in [0.2, 0.25) is 0 Å². The van der Waals surface area contributed by atoms with Crippen molar-refractivity contribution in [1.29, 1.82) is 0 Å². The Morgan fingerprint density at radius 2 is 1.64 bits per heavy atom. The van der Waals surface area contributed by atoms with Crippen LogP contribution in [-0.2, 0) is 14.2 Å². The molecular weight excluding hydrogens is 280 g/mol. The highest BCUT2D eigenvalue weighted by Gasteiger charge is 2.44. The van der Waals surface area contributed by atoms with Gasteiger partial charge in [-0.1, -0.05) is 0 Å². The molecule has 0 aromatic heterocycles. The molecule has 3 saturated heterocycles. The van der Waals surface area contributed by atoms with E-state index < -0.39 is 0 Å². The van der Waals surface area contributed by atoms with E-state index in [1.165, 1.54) is 25.8 Å². The molecule has 0 N–H and O–H groups in total. The lowest BCUT2D eigenvalue weighted by Crippen LogP contribution is -2.46. The summed E-state index contributed by atoms with van der Waals surface area (Å²) in [5.41, 5.74) is -0.0393. The van der Waals surface area contributed by atoms with E-state index in [0.717, 1.165) is 71.5 Å². The normalized spacial score (nSPS) is 38.5. The first-order valence-corrected chi connectivity index (χ1v) is 9.09. The van der Waals surface area contributed by atoms with Crippen molar-refractivity contribution in [3.05, 3.63) is 0 Å². The minimum atomic E-state index is -0.0393. The number of rotatable bonds is 4. The molecule has 3 aliphatic heterocycles. The van der Waals surface area contributed by atoms with Crippen molar-refractivity contribution in [3.63, 3.8) is 0 Å². The molecule has 22 heavy (non-hydrogen) atoms. The Morgan fingerprint density at radius 1 is 0.864 bits per heavy atom. The average Bonchev–Trinajstić information content (AvgIpc) is 3.29. The molecule has 4 rings (SSSR count). The molecule has 1 aliphatic carbocycles. The van der Waals surface area contributed by atoms with Crippen LogP contribution in [0.4, 0.5) is 0 Å². The Kier molecular flexibility index (Phi) is 4.69. The summed E-state index contributed by atoms with van der Waals surface area (Å²) in [6.45, 7) is 9.97. The van der Waals surface area contributed by atoms with Crippen molar-refractivity contribution in [1.82, 2.24) is 9.80 Å². The van der Waals surface area contributed by atoms with Crippen LogP contribution in [0.15, 0.2) is 0 Å². The van der Waals surface area contributed by atoms with E-state index in [2.05, 4.69) is 9.80 Å². The first-order chi connectivity index (χ1) is 10.8. The van der Waals surface area contributed by atoms with Crippen LogP contribution in [0.1, 0.15) is 25.7 Å². The largest absolute Gasteiger partial charge is 0.379 e. The van der Waals surface area contributed by atoms with Gasteiger partial charge in [0.2, 0.25) is 0 Å². The van der Waals surface area contributed by atoms with Gasteiger partial charge < -0.3 is 14.2 Å². The van der Waals surface area contributed by atoms with Crippen LogP contribution < -0.4 is 0 Å². The molecule has 126 valence electrons. The number of nitrogens with zero attached hydrogens (tertiary/aromatic N) is 2. The van der Waals surface area contributed by atoms with Gasteiger partial charge in [-0.3, -0.25) is 9.80 Å². The molecule has 0 aromatic carbocycles. The lowest BCUT2D eigenvalue weighted by molar-refractivity contribution is -0.0964. The van der Waals surface area contributed by atoms with Gasteiger partial charge in [-0.25, -0.2) is 0 Å². The summed E-state index contributed by atoms with van der Waals surface area (Å²) in [6.07, 6.45) is 5.55. The van der Waals surface area contributed by atoms with Crippen LogP contribution in [0.3, 0.4) is 0 Å². The summed E-state index contributed by atoms with van der Waals surface area (Å²) in [6, 6.07) is 0. The second-order valence-electron chi connectivity index (χ2n) is 7.61. The van der Waals surface area contributed by atoms with Gasteiger partial charge in [-0.15, -0.1) is 0 Å². The van der Waals surface area contributed by atoms with E-state index in [1.807, 2.05) is 0 Å². The Balaban J connectivity index is 1.32.